The van der Waals surface area contributed by atoms with E-state index in [0.29, 0.717) is 17.9 Å². The van der Waals surface area contributed by atoms with Crippen LogP contribution in [0.1, 0.15) is 11.1 Å². The molecule has 1 aliphatic rings. The molecule has 0 saturated carbocycles. The molecule has 0 atom stereocenters. The van der Waals surface area contributed by atoms with Crippen molar-refractivity contribution in [2.75, 3.05) is 39.5 Å². The van der Waals surface area contributed by atoms with Crippen LogP contribution in [-0.4, -0.2) is 74.0 Å². The Kier molecular flexibility index (Phi) is 7.72. The van der Waals surface area contributed by atoms with Crippen molar-refractivity contribution in [1.29, 1.82) is 0 Å². The fraction of sp³-hybridized carbons (Fsp3) is 0.304. The van der Waals surface area contributed by atoms with Gasteiger partial charge in [-0.25, -0.2) is 8.42 Å². The minimum absolute atomic E-state index is 0.112. The van der Waals surface area contributed by atoms with Gasteiger partial charge in [0.15, 0.2) is 0 Å². The molecule has 2 aromatic rings. The van der Waals surface area contributed by atoms with Gasteiger partial charge in [-0.3, -0.25) is 9.59 Å². The predicted octanol–water partition coefficient (Wildman–Crippen LogP) is 1.85. The average molecular weight is 475 g/mol. The number of sulfonamides is 1. The Morgan fingerprint density at radius 3 is 2.30 bits per heavy atom. The van der Waals surface area contributed by atoms with Crippen LogP contribution in [0.5, 0.6) is 11.5 Å². The summed E-state index contributed by atoms with van der Waals surface area (Å²) < 4.78 is 35.3. The highest BCUT2D eigenvalue weighted by molar-refractivity contribution is 7.88. The summed E-state index contributed by atoms with van der Waals surface area (Å²) in [5.41, 5.74) is 1.25. The summed E-state index contributed by atoms with van der Waals surface area (Å²) in [5.74, 6) is -0.810. The molecule has 176 valence electrons. The topological polar surface area (TPSA) is 113 Å². The van der Waals surface area contributed by atoms with Crippen molar-refractivity contribution in [3.8, 4) is 11.5 Å². The lowest BCUT2D eigenvalue weighted by Crippen LogP contribution is -2.51. The van der Waals surface area contributed by atoms with Crippen LogP contribution in [0.3, 0.4) is 0 Å². The molecule has 9 nitrogen and oxygen atoms in total. The van der Waals surface area contributed by atoms with E-state index in [1.807, 2.05) is 24.3 Å². The molecule has 1 fully saturated rings. The van der Waals surface area contributed by atoms with E-state index in [9.17, 15) is 23.1 Å². The van der Waals surface area contributed by atoms with Crippen molar-refractivity contribution in [3.05, 3.63) is 65.7 Å². The summed E-state index contributed by atoms with van der Waals surface area (Å²) in [5, 5.41) is 10.4. The number of amides is 1. The standard InChI is InChI=1S/C23H26N2O7S/c1-31-19-8-6-17(7-9-19)16-32-20-5-3-4-18(14-20)21(26)15-22(27)23(28)24-10-12-25(13-11-24)33(2,29)30/h3-9,14-15,26H,10-13,16H2,1-2H3/b21-15-. The van der Waals surface area contributed by atoms with E-state index in [4.69, 9.17) is 9.47 Å². The summed E-state index contributed by atoms with van der Waals surface area (Å²) in [7, 11) is -1.75. The number of aliphatic hydroxyl groups is 1. The average Bonchev–Trinajstić information content (AvgIpc) is 2.82. The number of hydrogen-bond donors (Lipinski definition) is 1. The minimum atomic E-state index is -3.34. The Morgan fingerprint density at radius 2 is 1.70 bits per heavy atom. The molecule has 33 heavy (non-hydrogen) atoms. The van der Waals surface area contributed by atoms with Gasteiger partial charge in [0, 0.05) is 37.8 Å². The monoisotopic (exact) mass is 474 g/mol. The van der Waals surface area contributed by atoms with Crippen LogP contribution >= 0.6 is 0 Å². The Morgan fingerprint density at radius 1 is 1.03 bits per heavy atom. The second-order valence-corrected chi connectivity index (χ2v) is 9.50. The smallest absolute Gasteiger partial charge is 0.294 e. The maximum absolute atomic E-state index is 12.4. The molecule has 0 aromatic heterocycles. The van der Waals surface area contributed by atoms with Gasteiger partial charge in [-0.05, 0) is 29.8 Å². The Balaban J connectivity index is 1.60. The first-order valence-corrected chi connectivity index (χ1v) is 12.1. The van der Waals surface area contributed by atoms with Crippen LogP contribution in [0.25, 0.3) is 5.76 Å². The number of piperazine rings is 1. The summed E-state index contributed by atoms with van der Waals surface area (Å²) in [6.07, 6.45) is 1.97. The zero-order chi connectivity index (χ0) is 24.0. The molecule has 1 aliphatic heterocycles. The molecule has 1 heterocycles. The number of aliphatic hydroxyl groups excluding tert-OH is 1. The van der Waals surface area contributed by atoms with Gasteiger partial charge in [0.25, 0.3) is 5.91 Å². The number of nitrogens with zero attached hydrogens (tertiary/aromatic N) is 2. The molecule has 3 rings (SSSR count). The predicted molar refractivity (Wildman–Crippen MR) is 122 cm³/mol. The van der Waals surface area contributed by atoms with Gasteiger partial charge >= 0.3 is 0 Å². The van der Waals surface area contributed by atoms with Gasteiger partial charge in [0.1, 0.15) is 23.9 Å². The largest absolute Gasteiger partial charge is 0.507 e. The first-order chi connectivity index (χ1) is 15.7. The Labute approximate surface area is 192 Å². The highest BCUT2D eigenvalue weighted by Gasteiger charge is 2.28. The number of carbonyl (C=O) groups is 2. The summed E-state index contributed by atoms with van der Waals surface area (Å²) in [6, 6.07) is 13.9. The normalized spacial score (nSPS) is 15.2. The molecular formula is C23H26N2O7S. The van der Waals surface area contributed by atoms with Crippen LogP contribution in [0.2, 0.25) is 0 Å². The van der Waals surface area contributed by atoms with Crippen LogP contribution < -0.4 is 9.47 Å². The molecule has 1 saturated heterocycles. The van der Waals surface area contributed by atoms with Crippen molar-refractivity contribution < 1.29 is 32.6 Å². The third-order valence-electron chi connectivity index (χ3n) is 5.17. The second kappa shape index (κ2) is 10.5. The van der Waals surface area contributed by atoms with Crippen molar-refractivity contribution in [1.82, 2.24) is 9.21 Å². The number of ketones is 1. The first-order valence-electron chi connectivity index (χ1n) is 10.2. The molecular weight excluding hydrogens is 448 g/mol. The molecule has 0 radical (unpaired) electrons. The summed E-state index contributed by atoms with van der Waals surface area (Å²) in [4.78, 5) is 26.0. The minimum Gasteiger partial charge on any atom is -0.507 e. The van der Waals surface area contributed by atoms with Gasteiger partial charge in [-0.2, -0.15) is 4.31 Å². The van der Waals surface area contributed by atoms with Crippen LogP contribution in [0.15, 0.2) is 54.6 Å². The number of carbonyl (C=O) groups excluding carboxylic acids is 2. The van der Waals surface area contributed by atoms with E-state index in [-0.39, 0.29) is 31.9 Å². The molecule has 0 spiro atoms. The van der Waals surface area contributed by atoms with Crippen LogP contribution in [0.4, 0.5) is 0 Å². The molecule has 0 aliphatic carbocycles. The van der Waals surface area contributed by atoms with E-state index in [1.54, 1.807) is 31.4 Å². The quantitative estimate of drug-likeness (QED) is 0.353. The molecule has 0 bridgehead atoms. The third kappa shape index (κ3) is 6.56. The number of hydrogen-bond acceptors (Lipinski definition) is 7. The SMILES string of the molecule is COc1ccc(COc2cccc(/C(O)=C/C(=O)C(=O)N3CCN(S(C)(=O)=O)CC3)c2)cc1. The highest BCUT2D eigenvalue weighted by Crippen LogP contribution is 2.21. The van der Waals surface area contributed by atoms with Gasteiger partial charge in [0.05, 0.1) is 13.4 Å². The van der Waals surface area contributed by atoms with E-state index in [2.05, 4.69) is 0 Å². The molecule has 1 amide bonds. The maximum atomic E-state index is 12.4. The van der Waals surface area contributed by atoms with Crippen LogP contribution in [0, 0.1) is 0 Å². The van der Waals surface area contributed by atoms with Crippen molar-refractivity contribution in [2.45, 2.75) is 6.61 Å². The van der Waals surface area contributed by atoms with Crippen molar-refractivity contribution in [3.63, 3.8) is 0 Å². The van der Waals surface area contributed by atoms with Gasteiger partial charge in [0.2, 0.25) is 15.8 Å². The lowest BCUT2D eigenvalue weighted by molar-refractivity contribution is -0.143. The van der Waals surface area contributed by atoms with Gasteiger partial charge in [-0.1, -0.05) is 24.3 Å². The van der Waals surface area contributed by atoms with E-state index >= 15 is 0 Å². The summed E-state index contributed by atoms with van der Waals surface area (Å²) >= 11 is 0. The zero-order valence-corrected chi connectivity index (χ0v) is 19.2. The summed E-state index contributed by atoms with van der Waals surface area (Å²) in [6.45, 7) is 0.777. The Bertz CT molecular complexity index is 1140. The second-order valence-electron chi connectivity index (χ2n) is 7.51. The van der Waals surface area contributed by atoms with Crippen molar-refractivity contribution in [2.24, 2.45) is 0 Å². The highest BCUT2D eigenvalue weighted by atomic mass is 32.2. The molecule has 0 unspecified atom stereocenters. The molecule has 1 N–H and O–H groups in total. The fourth-order valence-electron chi connectivity index (χ4n) is 3.28. The van der Waals surface area contributed by atoms with E-state index in [0.717, 1.165) is 23.6 Å². The van der Waals surface area contributed by atoms with Crippen LogP contribution in [-0.2, 0) is 26.2 Å². The van der Waals surface area contributed by atoms with Gasteiger partial charge in [-0.15, -0.1) is 0 Å². The zero-order valence-electron chi connectivity index (χ0n) is 18.4. The van der Waals surface area contributed by atoms with E-state index in [1.165, 1.54) is 9.21 Å². The lowest BCUT2D eigenvalue weighted by Gasteiger charge is -2.32. The number of rotatable bonds is 8. The third-order valence-corrected chi connectivity index (χ3v) is 6.47. The van der Waals surface area contributed by atoms with E-state index < -0.39 is 21.7 Å². The number of methoxy groups -OCH3 is 1. The fourth-order valence-corrected chi connectivity index (χ4v) is 4.11. The number of ether oxygens (including phenoxy) is 2. The lowest BCUT2D eigenvalue weighted by atomic mass is 10.1. The maximum Gasteiger partial charge on any atom is 0.294 e. The van der Waals surface area contributed by atoms with Gasteiger partial charge < -0.3 is 19.5 Å². The van der Waals surface area contributed by atoms with Crippen molar-refractivity contribution >= 4 is 27.5 Å². The number of benzene rings is 2. The molecule has 10 heteroatoms. The molecule has 2 aromatic carbocycles. The first kappa shape index (κ1) is 24.3. The Hall–Kier alpha value is -3.37.